The standard InChI is InChI=1S/C24H37N3O4S.ClH/c1-15(2)21-22-20(27(24(21)29)32(7,30)31)12-13-25(22)23(28)19-10-8-18(9-11-19)14-26(16(3)4)17(5)6;/h8-11,15-17,20-22H,12-14H2,1-7H3;1H/t20-,21+,22-;/m0./s1. The molecule has 33 heavy (non-hydrogen) atoms. The molecule has 2 aliphatic rings. The van der Waals surface area contributed by atoms with Gasteiger partial charge in [-0.1, -0.05) is 26.0 Å². The molecule has 0 aromatic heterocycles. The van der Waals surface area contributed by atoms with Crippen LogP contribution in [0, 0.1) is 11.8 Å². The van der Waals surface area contributed by atoms with Crippen molar-refractivity contribution >= 4 is 34.2 Å². The van der Waals surface area contributed by atoms with Gasteiger partial charge < -0.3 is 4.90 Å². The Bertz CT molecular complexity index is 954. The maximum atomic E-state index is 13.4. The third-order valence-electron chi connectivity index (χ3n) is 6.82. The maximum absolute atomic E-state index is 13.4. The number of carbonyl (C=O) groups is 2. The highest BCUT2D eigenvalue weighted by molar-refractivity contribution is 7.88. The van der Waals surface area contributed by atoms with Gasteiger partial charge in [0.1, 0.15) is 0 Å². The van der Waals surface area contributed by atoms with Crippen LogP contribution in [0.4, 0.5) is 0 Å². The highest BCUT2D eigenvalue weighted by Crippen LogP contribution is 2.41. The summed E-state index contributed by atoms with van der Waals surface area (Å²) in [6.07, 6.45) is 1.56. The number of sulfonamides is 1. The molecule has 2 fully saturated rings. The first-order chi connectivity index (χ1) is 14.8. The zero-order valence-electron chi connectivity index (χ0n) is 20.7. The molecule has 2 heterocycles. The third kappa shape index (κ3) is 5.38. The SMILES string of the molecule is CC(C)[C@H]1C(=O)N(S(C)(=O)=O)[C@H]2CCN(C(=O)c3ccc(CN(C(C)C)C(C)C)cc3)[C@H]12.Cl. The molecule has 0 unspecified atom stereocenters. The molecular weight excluding hydrogens is 462 g/mol. The Kier molecular flexibility index (Phi) is 8.63. The van der Waals surface area contributed by atoms with E-state index in [1.54, 1.807) is 4.90 Å². The average Bonchev–Trinajstić information content (AvgIpc) is 3.21. The van der Waals surface area contributed by atoms with E-state index in [1.807, 2.05) is 38.1 Å². The van der Waals surface area contributed by atoms with Gasteiger partial charge in [-0.15, -0.1) is 12.4 Å². The number of hydrogen-bond acceptors (Lipinski definition) is 5. The largest absolute Gasteiger partial charge is 0.333 e. The number of likely N-dealkylation sites (tertiary alicyclic amines) is 1. The second-order valence-corrected chi connectivity index (χ2v) is 11.9. The molecule has 3 rings (SSSR count). The van der Waals surface area contributed by atoms with Crippen molar-refractivity contribution in [2.24, 2.45) is 11.8 Å². The van der Waals surface area contributed by atoms with E-state index in [9.17, 15) is 18.0 Å². The van der Waals surface area contributed by atoms with E-state index >= 15 is 0 Å². The second kappa shape index (κ2) is 10.3. The summed E-state index contributed by atoms with van der Waals surface area (Å²) in [6.45, 7) is 13.8. The lowest BCUT2D eigenvalue weighted by molar-refractivity contribution is -0.129. The maximum Gasteiger partial charge on any atom is 0.254 e. The summed E-state index contributed by atoms with van der Waals surface area (Å²) < 4.78 is 25.7. The van der Waals surface area contributed by atoms with Gasteiger partial charge in [0.15, 0.2) is 0 Å². The van der Waals surface area contributed by atoms with Crippen molar-refractivity contribution < 1.29 is 18.0 Å². The number of amides is 2. The highest BCUT2D eigenvalue weighted by atomic mass is 35.5. The molecule has 0 bridgehead atoms. The zero-order valence-corrected chi connectivity index (χ0v) is 22.3. The van der Waals surface area contributed by atoms with Crippen LogP contribution in [0.3, 0.4) is 0 Å². The Balaban J connectivity index is 0.00000385. The zero-order chi connectivity index (χ0) is 24.0. The number of rotatable bonds is 7. The van der Waals surface area contributed by atoms with Gasteiger partial charge in [-0.25, -0.2) is 12.7 Å². The first-order valence-corrected chi connectivity index (χ1v) is 13.4. The predicted molar refractivity (Wildman–Crippen MR) is 133 cm³/mol. The van der Waals surface area contributed by atoms with Crippen LogP contribution in [-0.4, -0.2) is 71.3 Å². The number of fused-ring (bicyclic) bond motifs is 1. The molecule has 0 saturated carbocycles. The molecule has 0 aliphatic carbocycles. The van der Waals surface area contributed by atoms with Gasteiger partial charge in [-0.2, -0.15) is 0 Å². The van der Waals surface area contributed by atoms with Crippen molar-refractivity contribution in [1.29, 1.82) is 0 Å². The summed E-state index contributed by atoms with van der Waals surface area (Å²) in [5, 5.41) is 0. The smallest absolute Gasteiger partial charge is 0.254 e. The Labute approximate surface area is 205 Å². The Morgan fingerprint density at radius 2 is 1.61 bits per heavy atom. The van der Waals surface area contributed by atoms with Gasteiger partial charge in [-0.05, 0) is 57.7 Å². The van der Waals surface area contributed by atoms with Crippen molar-refractivity contribution in [3.05, 3.63) is 35.4 Å². The number of carbonyl (C=O) groups excluding carboxylic acids is 2. The number of nitrogens with zero attached hydrogens (tertiary/aromatic N) is 3. The number of halogens is 1. The Hall–Kier alpha value is -1.64. The molecule has 186 valence electrons. The van der Waals surface area contributed by atoms with Crippen LogP contribution in [0.15, 0.2) is 24.3 Å². The van der Waals surface area contributed by atoms with Crippen LogP contribution in [-0.2, 0) is 21.4 Å². The first kappa shape index (κ1) is 27.6. The van der Waals surface area contributed by atoms with Gasteiger partial charge in [-0.3, -0.25) is 14.5 Å². The molecule has 1 aromatic rings. The summed E-state index contributed by atoms with van der Waals surface area (Å²) in [5.41, 5.74) is 1.71. The average molecular weight is 500 g/mol. The van der Waals surface area contributed by atoms with E-state index in [0.717, 1.165) is 22.7 Å². The quantitative estimate of drug-likeness (QED) is 0.574. The Morgan fingerprint density at radius 1 is 1.06 bits per heavy atom. The van der Waals surface area contributed by atoms with E-state index in [4.69, 9.17) is 0 Å². The van der Waals surface area contributed by atoms with Crippen LogP contribution in [0.25, 0.3) is 0 Å². The molecule has 0 radical (unpaired) electrons. The summed E-state index contributed by atoms with van der Waals surface area (Å²) in [6, 6.07) is 7.62. The minimum atomic E-state index is -3.68. The van der Waals surface area contributed by atoms with Crippen LogP contribution >= 0.6 is 12.4 Å². The lowest BCUT2D eigenvalue weighted by Gasteiger charge is -2.31. The lowest BCUT2D eigenvalue weighted by Crippen LogP contribution is -2.44. The van der Waals surface area contributed by atoms with E-state index < -0.39 is 28.0 Å². The van der Waals surface area contributed by atoms with Crippen molar-refractivity contribution in [2.45, 2.75) is 78.7 Å². The van der Waals surface area contributed by atoms with Crippen LogP contribution in [0.5, 0.6) is 0 Å². The van der Waals surface area contributed by atoms with Crippen LogP contribution in [0.2, 0.25) is 0 Å². The fraction of sp³-hybridized carbons (Fsp3) is 0.667. The van der Waals surface area contributed by atoms with Gasteiger partial charge in [0.05, 0.1) is 24.3 Å². The fourth-order valence-electron chi connectivity index (χ4n) is 5.36. The molecule has 2 aliphatic heterocycles. The van der Waals surface area contributed by atoms with Gasteiger partial charge >= 0.3 is 0 Å². The predicted octanol–water partition coefficient (Wildman–Crippen LogP) is 3.38. The molecule has 0 N–H and O–H groups in total. The molecular formula is C24H38ClN3O4S. The molecule has 9 heteroatoms. The molecule has 7 nitrogen and oxygen atoms in total. The van der Waals surface area contributed by atoms with Crippen molar-refractivity contribution in [1.82, 2.24) is 14.1 Å². The van der Waals surface area contributed by atoms with Crippen LogP contribution in [0.1, 0.15) is 63.9 Å². The highest BCUT2D eigenvalue weighted by Gasteiger charge is 2.58. The normalized spacial score (nSPS) is 23.1. The lowest BCUT2D eigenvalue weighted by atomic mass is 9.88. The van der Waals surface area contributed by atoms with Gasteiger partial charge in [0.25, 0.3) is 5.91 Å². The van der Waals surface area contributed by atoms with Crippen molar-refractivity contribution in [2.75, 3.05) is 12.8 Å². The van der Waals surface area contributed by atoms with Crippen molar-refractivity contribution in [3.63, 3.8) is 0 Å². The number of hydrogen-bond donors (Lipinski definition) is 0. The fourth-order valence-corrected chi connectivity index (χ4v) is 6.53. The molecule has 3 atom stereocenters. The topological polar surface area (TPSA) is 78.0 Å². The molecule has 0 spiro atoms. The van der Waals surface area contributed by atoms with Crippen molar-refractivity contribution in [3.8, 4) is 0 Å². The summed E-state index contributed by atoms with van der Waals surface area (Å²) in [5.74, 6) is -1.09. The summed E-state index contributed by atoms with van der Waals surface area (Å²) in [4.78, 5) is 30.5. The molecule has 2 saturated heterocycles. The molecule has 1 aromatic carbocycles. The monoisotopic (exact) mass is 499 g/mol. The second-order valence-electron chi connectivity index (χ2n) is 10.1. The van der Waals surface area contributed by atoms with Gasteiger partial charge in [0.2, 0.25) is 15.9 Å². The molecule has 2 amide bonds. The summed E-state index contributed by atoms with van der Waals surface area (Å²) in [7, 11) is -3.68. The minimum Gasteiger partial charge on any atom is -0.333 e. The minimum absolute atomic E-state index is 0. The Morgan fingerprint density at radius 3 is 2.06 bits per heavy atom. The van der Waals surface area contributed by atoms with Crippen LogP contribution < -0.4 is 0 Å². The summed E-state index contributed by atoms with van der Waals surface area (Å²) >= 11 is 0. The van der Waals surface area contributed by atoms with Gasteiger partial charge in [0, 0.05) is 30.7 Å². The third-order valence-corrected chi connectivity index (χ3v) is 7.99. The number of benzene rings is 1. The first-order valence-electron chi connectivity index (χ1n) is 11.5. The van der Waals surface area contributed by atoms with E-state index in [2.05, 4.69) is 32.6 Å². The van der Waals surface area contributed by atoms with E-state index in [0.29, 0.717) is 30.6 Å². The van der Waals surface area contributed by atoms with E-state index in [-0.39, 0.29) is 30.1 Å². The van der Waals surface area contributed by atoms with E-state index in [1.165, 1.54) is 0 Å².